The van der Waals surface area contributed by atoms with Crippen LogP contribution in [0.3, 0.4) is 0 Å². The van der Waals surface area contributed by atoms with E-state index >= 15 is 0 Å². The lowest BCUT2D eigenvalue weighted by Crippen LogP contribution is -2.21. The molecule has 1 aliphatic heterocycles. The number of anilines is 1. The van der Waals surface area contributed by atoms with Gasteiger partial charge in [0.1, 0.15) is 0 Å². The van der Waals surface area contributed by atoms with Gasteiger partial charge in [-0.05, 0) is 43.1 Å². The highest BCUT2D eigenvalue weighted by Gasteiger charge is 2.12. The van der Waals surface area contributed by atoms with Gasteiger partial charge >= 0.3 is 0 Å². The second-order valence-corrected chi connectivity index (χ2v) is 5.54. The molecule has 0 spiro atoms. The summed E-state index contributed by atoms with van der Waals surface area (Å²) in [5.74, 6) is 1.000. The molecule has 1 aliphatic rings. The van der Waals surface area contributed by atoms with Gasteiger partial charge in [0.05, 0.1) is 4.70 Å². The van der Waals surface area contributed by atoms with Crippen molar-refractivity contribution < 1.29 is 0 Å². The Labute approximate surface area is 123 Å². The number of unbranched alkanes of at least 4 members (excludes halogenated alkanes) is 1. The van der Waals surface area contributed by atoms with Crippen molar-refractivity contribution in [1.82, 2.24) is 9.27 Å². The maximum absolute atomic E-state index is 5.51. The minimum atomic E-state index is 0.762. The lowest BCUT2D eigenvalue weighted by atomic mass is 10.2. The molecule has 0 fully saturated rings. The Morgan fingerprint density at radius 3 is 2.65 bits per heavy atom. The molecule has 2 N–H and O–H groups in total. The van der Waals surface area contributed by atoms with Crippen LogP contribution in [0.4, 0.5) is 5.82 Å². The van der Waals surface area contributed by atoms with Crippen molar-refractivity contribution in [2.75, 3.05) is 18.0 Å². The van der Waals surface area contributed by atoms with Crippen molar-refractivity contribution in [3.63, 3.8) is 0 Å². The Morgan fingerprint density at radius 2 is 1.85 bits per heavy atom. The monoisotopic (exact) mass is 286 g/mol. The molecule has 2 heterocycles. The minimum Gasteiger partial charge on any atom is -0.351 e. The highest BCUT2D eigenvalue weighted by Crippen LogP contribution is 2.30. The fourth-order valence-corrected chi connectivity index (χ4v) is 2.98. The predicted octanol–water partition coefficient (Wildman–Crippen LogP) is 3.10. The lowest BCUT2D eigenvalue weighted by Gasteiger charge is -2.23. The third kappa shape index (κ3) is 2.69. The van der Waals surface area contributed by atoms with E-state index in [2.05, 4.69) is 57.2 Å². The Bertz CT molecular complexity index is 618. The zero-order chi connectivity index (χ0) is 13.8. The van der Waals surface area contributed by atoms with Gasteiger partial charge in [0.25, 0.3) is 0 Å². The normalized spacial score (nSPS) is 14.4. The third-order valence-electron chi connectivity index (χ3n) is 3.31. The average Bonchev–Trinajstić information content (AvgIpc) is 2.92. The molecule has 0 atom stereocenters. The molecule has 5 heteroatoms. The second kappa shape index (κ2) is 6.07. The number of nitrogens with two attached hydrogens (primary N) is 1. The molecule has 0 unspecified atom stereocenters. The molecule has 4 nitrogen and oxygen atoms in total. The van der Waals surface area contributed by atoms with Crippen molar-refractivity contribution in [3.05, 3.63) is 49.1 Å². The first-order valence-electron chi connectivity index (χ1n) is 6.84. The van der Waals surface area contributed by atoms with Crippen LogP contribution < -0.4 is 10.6 Å². The first kappa shape index (κ1) is 13.1. The number of hydrogen-bond donors (Lipinski definition) is 1. The van der Waals surface area contributed by atoms with Crippen molar-refractivity contribution in [1.29, 1.82) is 0 Å². The topological polar surface area (TPSA) is 45.4 Å². The zero-order valence-corrected chi connectivity index (χ0v) is 12.1. The van der Waals surface area contributed by atoms with Crippen LogP contribution in [-0.2, 0) is 0 Å². The van der Waals surface area contributed by atoms with E-state index in [0.717, 1.165) is 31.7 Å². The Kier molecular flexibility index (Phi) is 3.99. The van der Waals surface area contributed by atoms with E-state index in [1.807, 2.05) is 6.07 Å². The molecule has 2 aromatic rings. The maximum atomic E-state index is 5.51. The second-order valence-electron chi connectivity index (χ2n) is 4.74. The quantitative estimate of drug-likeness (QED) is 0.858. The van der Waals surface area contributed by atoms with Gasteiger partial charge in [0.2, 0.25) is 0 Å². The molecule has 0 bridgehead atoms. The van der Waals surface area contributed by atoms with E-state index in [-0.39, 0.29) is 0 Å². The molecule has 0 aliphatic carbocycles. The molecular formula is C15H18N4S. The van der Waals surface area contributed by atoms with Gasteiger partial charge in [-0.3, -0.25) is 0 Å². The predicted molar refractivity (Wildman–Crippen MR) is 85.4 cm³/mol. The number of hydrogen-bond acceptors (Lipinski definition) is 5. The van der Waals surface area contributed by atoms with Crippen LogP contribution in [0.1, 0.15) is 12.8 Å². The van der Waals surface area contributed by atoms with Crippen LogP contribution in [0.2, 0.25) is 0 Å². The van der Waals surface area contributed by atoms with Crippen LogP contribution in [0.25, 0.3) is 10.1 Å². The first-order valence-corrected chi connectivity index (χ1v) is 7.61. The van der Waals surface area contributed by atoms with Gasteiger partial charge in [-0.25, -0.2) is 0 Å². The fourth-order valence-electron chi connectivity index (χ4n) is 2.20. The van der Waals surface area contributed by atoms with E-state index in [4.69, 9.17) is 5.73 Å². The smallest absolute Gasteiger partial charge is 0.158 e. The molecule has 1 aromatic carbocycles. The van der Waals surface area contributed by atoms with E-state index in [1.54, 1.807) is 0 Å². The van der Waals surface area contributed by atoms with Gasteiger partial charge < -0.3 is 15.5 Å². The number of rotatable bonds is 5. The first-order chi connectivity index (χ1) is 9.88. The summed E-state index contributed by atoms with van der Waals surface area (Å²) >= 11 is 1.54. The fraction of sp³-hybridized carbons (Fsp3) is 0.267. The number of aromatic nitrogens is 1. The molecule has 0 saturated carbocycles. The Morgan fingerprint density at radius 1 is 1.05 bits per heavy atom. The summed E-state index contributed by atoms with van der Waals surface area (Å²) in [5, 5.41) is 1.20. The van der Waals surface area contributed by atoms with Crippen LogP contribution >= 0.6 is 11.5 Å². The average molecular weight is 286 g/mol. The lowest BCUT2D eigenvalue weighted by molar-refractivity contribution is 0.473. The van der Waals surface area contributed by atoms with Crippen molar-refractivity contribution >= 4 is 27.4 Å². The molecule has 3 rings (SSSR count). The summed E-state index contributed by atoms with van der Waals surface area (Å²) in [5.41, 5.74) is 5.51. The molecule has 20 heavy (non-hydrogen) atoms. The minimum absolute atomic E-state index is 0.762. The highest BCUT2D eigenvalue weighted by atomic mass is 32.1. The van der Waals surface area contributed by atoms with Gasteiger partial charge in [-0.1, -0.05) is 12.1 Å². The summed E-state index contributed by atoms with van der Waals surface area (Å²) in [4.78, 5) is 4.25. The molecule has 0 radical (unpaired) electrons. The number of fused-ring (bicyclic) bond motifs is 1. The summed E-state index contributed by atoms with van der Waals surface area (Å²) in [6.07, 6.45) is 10.5. The number of nitrogens with zero attached hydrogens (tertiary/aromatic N) is 3. The third-order valence-corrected chi connectivity index (χ3v) is 4.13. The summed E-state index contributed by atoms with van der Waals surface area (Å²) in [6, 6.07) is 8.32. The summed E-state index contributed by atoms with van der Waals surface area (Å²) < 4.78 is 5.77. The van der Waals surface area contributed by atoms with Crippen molar-refractivity contribution in [2.45, 2.75) is 12.8 Å². The summed E-state index contributed by atoms with van der Waals surface area (Å²) in [7, 11) is 0. The molecule has 1 aromatic heterocycles. The molecule has 0 saturated heterocycles. The van der Waals surface area contributed by atoms with Crippen LogP contribution in [0.15, 0.2) is 49.1 Å². The van der Waals surface area contributed by atoms with Crippen LogP contribution in [0.5, 0.6) is 0 Å². The van der Waals surface area contributed by atoms with Gasteiger partial charge in [-0.15, -0.1) is 0 Å². The van der Waals surface area contributed by atoms with Gasteiger partial charge in [-0.2, -0.15) is 4.37 Å². The van der Waals surface area contributed by atoms with Crippen molar-refractivity contribution in [2.24, 2.45) is 5.73 Å². The molecule has 0 amide bonds. The molecule has 104 valence electrons. The van der Waals surface area contributed by atoms with Gasteiger partial charge in [0.15, 0.2) is 5.82 Å². The molecular weight excluding hydrogens is 268 g/mol. The zero-order valence-electron chi connectivity index (χ0n) is 11.3. The Balaban J connectivity index is 1.71. The van der Waals surface area contributed by atoms with E-state index < -0.39 is 0 Å². The Hall–Kier alpha value is -1.85. The van der Waals surface area contributed by atoms with E-state index in [9.17, 15) is 0 Å². The SMILES string of the molecule is NCCCCN1C=CN(c2nsc3ccccc23)C=C1. The highest BCUT2D eigenvalue weighted by molar-refractivity contribution is 7.13. The standard InChI is InChI=1S/C15H18N4S/c16-7-3-4-8-18-9-11-19(12-10-18)15-13-5-1-2-6-14(13)20-17-15/h1-2,5-6,9-12H,3-4,7-8,16H2. The maximum Gasteiger partial charge on any atom is 0.158 e. The van der Waals surface area contributed by atoms with Crippen LogP contribution in [0, 0.1) is 0 Å². The van der Waals surface area contributed by atoms with Crippen LogP contribution in [-0.4, -0.2) is 22.4 Å². The number of benzene rings is 1. The largest absolute Gasteiger partial charge is 0.351 e. The van der Waals surface area contributed by atoms with Crippen molar-refractivity contribution in [3.8, 4) is 0 Å². The summed E-state index contributed by atoms with van der Waals surface area (Å²) in [6.45, 7) is 1.77. The van der Waals surface area contributed by atoms with E-state index in [0.29, 0.717) is 0 Å². The van der Waals surface area contributed by atoms with E-state index in [1.165, 1.54) is 21.6 Å². The van der Waals surface area contributed by atoms with Gasteiger partial charge in [0, 0.05) is 36.7 Å².